The predicted octanol–water partition coefficient (Wildman–Crippen LogP) is 1.26. The Labute approximate surface area is 61.8 Å². The van der Waals surface area contributed by atoms with Crippen molar-refractivity contribution in [1.29, 1.82) is 0 Å². The highest BCUT2D eigenvalue weighted by Crippen LogP contribution is 2.44. The van der Waals surface area contributed by atoms with Crippen LogP contribution < -0.4 is 0 Å². The molecule has 4 heteroatoms. The maximum Gasteiger partial charge on any atom is 0.267 e. The molecule has 1 fully saturated rings. The zero-order valence-corrected chi connectivity index (χ0v) is 6.77. The number of rotatable bonds is 0. The van der Waals surface area contributed by atoms with Crippen LogP contribution in [0.15, 0.2) is 0 Å². The summed E-state index contributed by atoms with van der Waals surface area (Å²) in [7, 11) is 0. The Bertz CT molecular complexity index is 156. The third-order valence-electron chi connectivity index (χ3n) is 0.844. The molecule has 0 aliphatic carbocycles. The van der Waals surface area contributed by atoms with E-state index in [0.717, 1.165) is 23.5 Å². The lowest BCUT2D eigenvalue weighted by atomic mass is 10.5. The van der Waals surface area contributed by atoms with Gasteiger partial charge in [-0.3, -0.25) is 9.59 Å². The Morgan fingerprint density at radius 2 is 1.44 bits per heavy atom. The van der Waals surface area contributed by atoms with E-state index in [1.807, 2.05) is 13.8 Å². The Morgan fingerprint density at radius 1 is 1.11 bits per heavy atom. The summed E-state index contributed by atoms with van der Waals surface area (Å²) in [4.78, 5) is 21.2. The molecule has 2 nitrogen and oxygen atoms in total. The minimum absolute atomic E-state index is 0.228. The van der Waals surface area contributed by atoms with Crippen molar-refractivity contribution >= 4 is 33.8 Å². The van der Waals surface area contributed by atoms with Crippen LogP contribution in [0.5, 0.6) is 0 Å². The van der Waals surface area contributed by atoms with E-state index in [1.54, 1.807) is 0 Å². The van der Waals surface area contributed by atoms with Crippen LogP contribution in [-0.4, -0.2) is 14.3 Å². The number of carbonyl (C=O) groups excluding carboxylic acids is 2. The lowest BCUT2D eigenvalue weighted by Gasteiger charge is -2.08. The SMILES string of the molecule is CC1(C)SC(=O)C(=O)S1. The highest BCUT2D eigenvalue weighted by Gasteiger charge is 2.38. The van der Waals surface area contributed by atoms with Crippen molar-refractivity contribution in [3.05, 3.63) is 0 Å². The maximum atomic E-state index is 10.6. The van der Waals surface area contributed by atoms with Gasteiger partial charge < -0.3 is 0 Å². The summed E-state index contributed by atoms with van der Waals surface area (Å²) in [5.74, 6) is 0. The third-order valence-corrected chi connectivity index (χ3v) is 3.20. The Kier molecular flexibility index (Phi) is 1.61. The first-order chi connectivity index (χ1) is 4.01. The van der Waals surface area contributed by atoms with E-state index in [0.29, 0.717) is 0 Å². The molecule has 0 unspecified atom stereocenters. The van der Waals surface area contributed by atoms with E-state index in [2.05, 4.69) is 0 Å². The molecule has 0 aromatic carbocycles. The van der Waals surface area contributed by atoms with Crippen molar-refractivity contribution in [3.8, 4) is 0 Å². The number of hydrogen-bond acceptors (Lipinski definition) is 4. The largest absolute Gasteiger partial charge is 0.277 e. The van der Waals surface area contributed by atoms with Gasteiger partial charge in [-0.1, -0.05) is 23.5 Å². The predicted molar refractivity (Wildman–Crippen MR) is 39.3 cm³/mol. The van der Waals surface area contributed by atoms with Gasteiger partial charge in [0.1, 0.15) is 0 Å². The fraction of sp³-hybridized carbons (Fsp3) is 0.600. The van der Waals surface area contributed by atoms with Crippen molar-refractivity contribution in [2.45, 2.75) is 17.9 Å². The molecule has 1 aliphatic rings. The molecule has 1 rings (SSSR count). The van der Waals surface area contributed by atoms with Crippen LogP contribution in [0.1, 0.15) is 13.8 Å². The second-order valence-corrected chi connectivity index (χ2v) is 5.63. The first-order valence-electron chi connectivity index (χ1n) is 2.47. The van der Waals surface area contributed by atoms with Gasteiger partial charge >= 0.3 is 0 Å². The molecule has 50 valence electrons. The van der Waals surface area contributed by atoms with Crippen LogP contribution in [0, 0.1) is 0 Å². The van der Waals surface area contributed by atoms with E-state index < -0.39 is 0 Å². The quantitative estimate of drug-likeness (QED) is 0.502. The summed E-state index contributed by atoms with van der Waals surface area (Å²) in [6.07, 6.45) is 0. The molecular formula is C5H6O2S2. The average molecular weight is 162 g/mol. The molecule has 0 saturated carbocycles. The molecule has 0 aromatic heterocycles. The third kappa shape index (κ3) is 1.49. The molecule has 1 heterocycles. The van der Waals surface area contributed by atoms with Crippen molar-refractivity contribution in [1.82, 2.24) is 0 Å². The molecule has 1 saturated heterocycles. The highest BCUT2D eigenvalue weighted by atomic mass is 32.2. The Hall–Kier alpha value is 0.0400. The summed E-state index contributed by atoms with van der Waals surface area (Å²) in [5.41, 5.74) is 0. The summed E-state index contributed by atoms with van der Waals surface area (Å²) in [6.45, 7) is 3.73. The molecule has 9 heavy (non-hydrogen) atoms. The number of hydrogen-bond donors (Lipinski definition) is 0. The Balaban J connectivity index is 2.76. The van der Waals surface area contributed by atoms with E-state index in [4.69, 9.17) is 0 Å². The molecule has 0 radical (unpaired) electrons. The second kappa shape index (κ2) is 2.02. The van der Waals surface area contributed by atoms with Gasteiger partial charge in [-0.05, 0) is 13.8 Å². The van der Waals surface area contributed by atoms with Gasteiger partial charge in [0.15, 0.2) is 0 Å². The van der Waals surface area contributed by atoms with Gasteiger partial charge in [-0.25, -0.2) is 0 Å². The zero-order valence-electron chi connectivity index (χ0n) is 5.13. The van der Waals surface area contributed by atoms with Gasteiger partial charge in [0.25, 0.3) is 10.2 Å². The van der Waals surface area contributed by atoms with Crippen LogP contribution in [0.4, 0.5) is 0 Å². The van der Waals surface area contributed by atoms with Crippen molar-refractivity contribution < 1.29 is 9.59 Å². The molecule has 0 amide bonds. The molecule has 0 bridgehead atoms. The zero-order chi connectivity index (χ0) is 7.07. The van der Waals surface area contributed by atoms with Gasteiger partial charge in [-0.15, -0.1) is 0 Å². The Morgan fingerprint density at radius 3 is 1.56 bits per heavy atom. The van der Waals surface area contributed by atoms with Crippen LogP contribution in [-0.2, 0) is 9.59 Å². The first kappa shape index (κ1) is 7.15. The lowest BCUT2D eigenvalue weighted by Crippen LogP contribution is -2.01. The average Bonchev–Trinajstić information content (AvgIpc) is 1.79. The van der Waals surface area contributed by atoms with Gasteiger partial charge in [-0.2, -0.15) is 0 Å². The van der Waals surface area contributed by atoms with E-state index in [1.165, 1.54) is 0 Å². The standard InChI is InChI=1S/C5H6O2S2/c1-5(2)8-3(6)4(7)9-5/h1-2H3. The second-order valence-electron chi connectivity index (χ2n) is 2.18. The highest BCUT2D eigenvalue weighted by molar-refractivity contribution is 8.40. The summed E-state index contributed by atoms with van der Waals surface area (Å²) < 4.78 is -0.228. The first-order valence-corrected chi connectivity index (χ1v) is 4.11. The minimum atomic E-state index is -0.315. The van der Waals surface area contributed by atoms with Crippen molar-refractivity contribution in [2.24, 2.45) is 0 Å². The fourth-order valence-electron chi connectivity index (χ4n) is 0.551. The topological polar surface area (TPSA) is 34.1 Å². The van der Waals surface area contributed by atoms with Crippen LogP contribution in [0.25, 0.3) is 0 Å². The molecular weight excluding hydrogens is 156 g/mol. The summed E-state index contributed by atoms with van der Waals surface area (Å²) in [6, 6.07) is 0. The van der Waals surface area contributed by atoms with Gasteiger partial charge in [0, 0.05) is 0 Å². The van der Waals surface area contributed by atoms with E-state index in [9.17, 15) is 9.59 Å². The van der Waals surface area contributed by atoms with Gasteiger partial charge in [0.2, 0.25) is 0 Å². The van der Waals surface area contributed by atoms with E-state index in [-0.39, 0.29) is 14.3 Å². The van der Waals surface area contributed by atoms with Crippen LogP contribution in [0.3, 0.4) is 0 Å². The summed E-state index contributed by atoms with van der Waals surface area (Å²) >= 11 is 2.21. The molecule has 0 aromatic rings. The van der Waals surface area contributed by atoms with Crippen molar-refractivity contribution in [2.75, 3.05) is 0 Å². The number of thioether (sulfide) groups is 2. The lowest BCUT2D eigenvalue weighted by molar-refractivity contribution is -0.126. The van der Waals surface area contributed by atoms with Crippen molar-refractivity contribution in [3.63, 3.8) is 0 Å². The molecule has 1 aliphatic heterocycles. The molecule has 0 spiro atoms. The minimum Gasteiger partial charge on any atom is -0.277 e. The normalized spacial score (nSPS) is 25.1. The smallest absolute Gasteiger partial charge is 0.267 e. The summed E-state index contributed by atoms with van der Waals surface area (Å²) in [5, 5.41) is -0.630. The van der Waals surface area contributed by atoms with Crippen LogP contribution >= 0.6 is 23.5 Å². The maximum absolute atomic E-state index is 10.6. The fourth-order valence-corrected chi connectivity index (χ4v) is 2.48. The number of carbonyl (C=O) groups is 2. The van der Waals surface area contributed by atoms with E-state index >= 15 is 0 Å². The van der Waals surface area contributed by atoms with Crippen LogP contribution in [0.2, 0.25) is 0 Å². The monoisotopic (exact) mass is 162 g/mol. The molecule has 0 atom stereocenters. The van der Waals surface area contributed by atoms with Gasteiger partial charge in [0.05, 0.1) is 4.08 Å². The molecule has 0 N–H and O–H groups in total.